The molecule has 4 heterocycles. The number of halogens is 2. The third kappa shape index (κ3) is 6.00. The van der Waals surface area contributed by atoms with Gasteiger partial charge in [-0.05, 0) is 32.0 Å². The molecular formula is C24H26ClFN8O3S. The third-order valence-electron chi connectivity index (χ3n) is 5.63. The van der Waals surface area contributed by atoms with Crippen LogP contribution in [0.5, 0.6) is 5.88 Å². The van der Waals surface area contributed by atoms with Crippen LogP contribution in [0.25, 0.3) is 22.6 Å². The Morgan fingerprint density at radius 1 is 1.24 bits per heavy atom. The van der Waals surface area contributed by atoms with E-state index in [1.54, 1.807) is 30.1 Å². The topological polar surface area (TPSA) is 151 Å². The smallest absolute Gasteiger partial charge is 0.223 e. The minimum Gasteiger partial charge on any atom is -0.477 e. The Morgan fingerprint density at radius 2 is 2.00 bits per heavy atom. The monoisotopic (exact) mass is 560 g/mol. The molecule has 0 radical (unpaired) electrons. The number of nitrogens with zero attached hydrogens (tertiary/aromatic N) is 6. The van der Waals surface area contributed by atoms with Crippen LogP contribution in [0.3, 0.4) is 0 Å². The summed E-state index contributed by atoms with van der Waals surface area (Å²) in [6, 6.07) is 3.95. The van der Waals surface area contributed by atoms with E-state index in [1.807, 2.05) is 13.8 Å². The van der Waals surface area contributed by atoms with Crippen LogP contribution < -0.4 is 15.8 Å². The van der Waals surface area contributed by atoms with Gasteiger partial charge < -0.3 is 15.8 Å². The van der Waals surface area contributed by atoms with E-state index in [1.165, 1.54) is 6.20 Å². The van der Waals surface area contributed by atoms with Crippen molar-refractivity contribution in [2.75, 3.05) is 23.9 Å². The molecular weight excluding hydrogens is 535 g/mol. The summed E-state index contributed by atoms with van der Waals surface area (Å²) in [5, 5.41) is 7.91. The van der Waals surface area contributed by atoms with Crippen LogP contribution in [0.2, 0.25) is 5.15 Å². The number of nitrogens with one attached hydrogen (secondary N) is 1. The van der Waals surface area contributed by atoms with E-state index in [9.17, 15) is 12.8 Å². The van der Waals surface area contributed by atoms with E-state index < -0.39 is 15.7 Å². The Balaban J connectivity index is 1.50. The highest BCUT2D eigenvalue weighted by Gasteiger charge is 2.21. The summed E-state index contributed by atoms with van der Waals surface area (Å²) in [4.78, 5) is 16.4. The number of nitrogen functional groups attached to an aromatic ring is 1. The number of rotatable bonds is 9. The van der Waals surface area contributed by atoms with Crippen LogP contribution in [0.4, 0.5) is 15.9 Å². The molecule has 0 amide bonds. The molecule has 0 saturated carbocycles. The van der Waals surface area contributed by atoms with Crippen LogP contribution in [0.1, 0.15) is 19.0 Å². The molecule has 38 heavy (non-hydrogen) atoms. The van der Waals surface area contributed by atoms with Crippen molar-refractivity contribution < 1.29 is 17.5 Å². The largest absolute Gasteiger partial charge is 0.477 e. The lowest BCUT2D eigenvalue weighted by Crippen LogP contribution is -2.19. The van der Waals surface area contributed by atoms with Crippen LogP contribution >= 0.6 is 11.6 Å². The number of sulfone groups is 1. The molecule has 0 aliphatic heterocycles. The van der Waals surface area contributed by atoms with Gasteiger partial charge in [-0.25, -0.2) is 32.4 Å². The van der Waals surface area contributed by atoms with Crippen molar-refractivity contribution in [1.29, 1.82) is 0 Å². The number of aromatic nitrogens is 6. The van der Waals surface area contributed by atoms with Crippen LogP contribution in [0.15, 0.2) is 41.7 Å². The average Bonchev–Trinajstić information content (AvgIpc) is 3.11. The van der Waals surface area contributed by atoms with E-state index in [4.69, 9.17) is 22.1 Å². The van der Waals surface area contributed by atoms with E-state index in [2.05, 4.69) is 30.4 Å². The van der Waals surface area contributed by atoms with Gasteiger partial charge in [0, 0.05) is 55.6 Å². The lowest BCUT2D eigenvalue weighted by molar-refractivity contribution is 0.280. The van der Waals surface area contributed by atoms with Crippen molar-refractivity contribution in [3.63, 3.8) is 0 Å². The van der Waals surface area contributed by atoms with Crippen molar-refractivity contribution >= 4 is 32.9 Å². The number of anilines is 2. The molecule has 0 bridgehead atoms. The molecule has 200 valence electrons. The Labute approximate surface area is 224 Å². The van der Waals surface area contributed by atoms with Crippen LogP contribution in [-0.4, -0.2) is 57.0 Å². The summed E-state index contributed by atoms with van der Waals surface area (Å²) in [6.45, 7) is 4.07. The third-order valence-corrected chi connectivity index (χ3v) is 6.92. The molecule has 0 aliphatic carbocycles. The van der Waals surface area contributed by atoms with E-state index in [-0.39, 0.29) is 21.8 Å². The Kier molecular flexibility index (Phi) is 7.78. The molecule has 0 unspecified atom stereocenters. The Hall–Kier alpha value is -3.84. The SMILES string of the molecule is Cc1nn(C)c(OCC[C@H](C)Nc2cc(Cl)ncc2-c2ncc(S(C)(=O)=O)cc2F)c1-c1nccc(N)n1. The van der Waals surface area contributed by atoms with Gasteiger partial charge in [-0.15, -0.1) is 0 Å². The minimum absolute atomic E-state index is 0.0512. The molecule has 3 N–H and O–H groups in total. The molecule has 4 aromatic rings. The zero-order valence-corrected chi connectivity index (χ0v) is 22.7. The molecule has 1 atom stereocenters. The maximum Gasteiger partial charge on any atom is 0.223 e. The Morgan fingerprint density at radius 3 is 2.68 bits per heavy atom. The molecule has 4 aromatic heterocycles. The lowest BCUT2D eigenvalue weighted by Gasteiger charge is -2.19. The Bertz CT molecular complexity index is 1600. The second kappa shape index (κ2) is 10.9. The van der Waals surface area contributed by atoms with Crippen LogP contribution in [-0.2, 0) is 16.9 Å². The maximum absolute atomic E-state index is 14.9. The summed E-state index contributed by atoms with van der Waals surface area (Å²) < 4.78 is 46.0. The molecule has 0 fully saturated rings. The number of aryl methyl sites for hydroxylation is 2. The number of hydrogen-bond donors (Lipinski definition) is 2. The van der Waals surface area contributed by atoms with Gasteiger partial charge in [0.05, 0.1) is 17.2 Å². The fraction of sp³-hybridized carbons (Fsp3) is 0.292. The minimum atomic E-state index is -3.61. The van der Waals surface area contributed by atoms with Gasteiger partial charge in [-0.1, -0.05) is 11.6 Å². The number of pyridine rings is 2. The highest BCUT2D eigenvalue weighted by Crippen LogP contribution is 2.32. The van der Waals surface area contributed by atoms with Gasteiger partial charge in [0.25, 0.3) is 0 Å². The molecule has 0 aromatic carbocycles. The standard InChI is InChI=1S/C24H26ClFN8O3S/c1-13(6-8-37-24-21(14(2)33-34(24)3)23-28-7-5-20(27)32-23)31-18-10-19(25)29-12-16(18)22-17(26)9-15(11-30-22)38(4,35)36/h5,7,9-13H,6,8H2,1-4H3,(H,29,31)(H2,27,28,32)/t13-/m0/s1. The summed E-state index contributed by atoms with van der Waals surface area (Å²) in [5.74, 6) is 0.471. The fourth-order valence-electron chi connectivity index (χ4n) is 3.78. The molecule has 0 spiro atoms. The summed E-state index contributed by atoms with van der Waals surface area (Å²) in [5.41, 5.74) is 7.95. The predicted molar refractivity (Wildman–Crippen MR) is 142 cm³/mol. The second-order valence-corrected chi connectivity index (χ2v) is 11.1. The van der Waals surface area contributed by atoms with Gasteiger partial charge in [0.15, 0.2) is 21.5 Å². The van der Waals surface area contributed by atoms with Gasteiger partial charge in [-0.2, -0.15) is 5.10 Å². The summed E-state index contributed by atoms with van der Waals surface area (Å²) in [7, 11) is -1.84. The second-order valence-electron chi connectivity index (χ2n) is 8.70. The van der Waals surface area contributed by atoms with Gasteiger partial charge in [0.2, 0.25) is 5.88 Å². The van der Waals surface area contributed by atoms with E-state index in [0.29, 0.717) is 53.1 Å². The quantitative estimate of drug-likeness (QED) is 0.290. The van der Waals surface area contributed by atoms with Gasteiger partial charge >= 0.3 is 0 Å². The molecule has 0 saturated heterocycles. The maximum atomic E-state index is 14.9. The van der Waals surface area contributed by atoms with Crippen molar-refractivity contribution in [1.82, 2.24) is 29.7 Å². The van der Waals surface area contributed by atoms with Crippen molar-refractivity contribution in [3.8, 4) is 28.5 Å². The zero-order chi connectivity index (χ0) is 27.6. The first-order valence-electron chi connectivity index (χ1n) is 11.5. The number of nitrogens with two attached hydrogens (primary N) is 1. The molecule has 11 nitrogen and oxygen atoms in total. The summed E-state index contributed by atoms with van der Waals surface area (Å²) in [6.07, 6.45) is 5.60. The number of ether oxygens (including phenoxy) is 1. The van der Waals surface area contributed by atoms with Gasteiger partial charge in [0.1, 0.15) is 22.2 Å². The van der Waals surface area contributed by atoms with Crippen molar-refractivity contribution in [3.05, 3.63) is 53.5 Å². The molecule has 0 aliphatic rings. The highest BCUT2D eigenvalue weighted by molar-refractivity contribution is 7.90. The van der Waals surface area contributed by atoms with Crippen LogP contribution in [0, 0.1) is 12.7 Å². The van der Waals surface area contributed by atoms with Crippen molar-refractivity contribution in [2.24, 2.45) is 7.05 Å². The van der Waals surface area contributed by atoms with E-state index in [0.717, 1.165) is 18.5 Å². The lowest BCUT2D eigenvalue weighted by atomic mass is 10.1. The van der Waals surface area contributed by atoms with E-state index >= 15 is 0 Å². The predicted octanol–water partition coefficient (Wildman–Crippen LogP) is 3.69. The fourth-order valence-corrected chi connectivity index (χ4v) is 4.50. The number of hydrogen-bond acceptors (Lipinski definition) is 10. The normalized spacial score (nSPS) is 12.4. The average molecular weight is 561 g/mol. The first-order valence-corrected chi connectivity index (χ1v) is 13.7. The molecule has 4 rings (SSSR count). The zero-order valence-electron chi connectivity index (χ0n) is 21.1. The van der Waals surface area contributed by atoms with Crippen molar-refractivity contribution in [2.45, 2.75) is 31.2 Å². The highest BCUT2D eigenvalue weighted by atomic mass is 35.5. The van der Waals surface area contributed by atoms with Gasteiger partial charge in [-0.3, -0.25) is 4.98 Å². The first kappa shape index (κ1) is 27.2. The first-order chi connectivity index (χ1) is 17.9. The molecule has 14 heteroatoms. The summed E-state index contributed by atoms with van der Waals surface area (Å²) >= 11 is 6.10.